The van der Waals surface area contributed by atoms with Crippen LogP contribution in [0.4, 0.5) is 13.2 Å². The molecule has 0 bridgehead atoms. The quantitative estimate of drug-likeness (QED) is 0.876. The van der Waals surface area contributed by atoms with Gasteiger partial charge in [0.15, 0.2) is 11.5 Å². The molecular weight excluding hydrogens is 299 g/mol. The highest BCUT2D eigenvalue weighted by molar-refractivity contribution is 5.85. The van der Waals surface area contributed by atoms with E-state index in [4.69, 9.17) is 15.2 Å². The van der Waals surface area contributed by atoms with Crippen molar-refractivity contribution in [2.45, 2.75) is 24.7 Å². The van der Waals surface area contributed by atoms with E-state index in [1.165, 1.54) is 20.3 Å². The molecule has 0 saturated carbocycles. The first kappa shape index (κ1) is 18.8. The van der Waals surface area contributed by atoms with Gasteiger partial charge >= 0.3 is 6.18 Å². The molecule has 0 fully saturated rings. The first-order valence-corrected chi connectivity index (χ1v) is 5.52. The number of aliphatic hydroxyl groups is 1. The maximum atomic E-state index is 12.4. The molecule has 0 radical (unpaired) electrons. The third kappa shape index (κ3) is 4.43. The van der Waals surface area contributed by atoms with E-state index in [1.54, 1.807) is 12.1 Å². The van der Waals surface area contributed by atoms with Gasteiger partial charge in [-0.1, -0.05) is 12.1 Å². The zero-order chi connectivity index (χ0) is 14.6. The lowest BCUT2D eigenvalue weighted by Gasteiger charge is -2.21. The van der Waals surface area contributed by atoms with Gasteiger partial charge in [0.2, 0.25) is 0 Å². The molecule has 116 valence electrons. The highest BCUT2D eigenvalue weighted by atomic mass is 35.5. The fraction of sp³-hybridized carbons (Fsp3) is 0.500. The molecule has 0 aliphatic rings. The molecule has 3 N–H and O–H groups in total. The molecule has 8 heteroatoms. The van der Waals surface area contributed by atoms with Gasteiger partial charge in [0, 0.05) is 12.0 Å². The fourth-order valence-corrected chi connectivity index (χ4v) is 1.68. The molecule has 0 unspecified atom stereocenters. The van der Waals surface area contributed by atoms with Crippen molar-refractivity contribution in [3.63, 3.8) is 0 Å². The van der Waals surface area contributed by atoms with E-state index in [2.05, 4.69) is 0 Å². The lowest BCUT2D eigenvalue weighted by atomic mass is 10.0. The monoisotopic (exact) mass is 315 g/mol. The number of ether oxygens (including phenoxy) is 2. The summed E-state index contributed by atoms with van der Waals surface area (Å²) in [7, 11) is 2.74. The number of aliphatic hydroxyl groups excluding tert-OH is 1. The zero-order valence-corrected chi connectivity index (χ0v) is 11.8. The molecule has 0 aromatic heterocycles. The number of methoxy groups -OCH3 is 2. The van der Waals surface area contributed by atoms with Crippen molar-refractivity contribution in [3.8, 4) is 11.5 Å². The SMILES string of the molecule is COc1cccc([C@@H](O)C[C@H](N)C(F)(F)F)c1OC.Cl. The van der Waals surface area contributed by atoms with Crippen LogP contribution in [0.3, 0.4) is 0 Å². The molecule has 0 spiro atoms. The summed E-state index contributed by atoms with van der Waals surface area (Å²) in [5.74, 6) is 0.534. The summed E-state index contributed by atoms with van der Waals surface area (Å²) in [6.45, 7) is 0. The third-order valence-electron chi connectivity index (χ3n) is 2.69. The fourth-order valence-electron chi connectivity index (χ4n) is 1.68. The van der Waals surface area contributed by atoms with Gasteiger partial charge in [-0.3, -0.25) is 0 Å². The van der Waals surface area contributed by atoms with Gasteiger partial charge in [-0.05, 0) is 6.07 Å². The molecular formula is C12H17ClF3NO3. The van der Waals surface area contributed by atoms with Crippen LogP contribution in [0, 0.1) is 0 Å². The van der Waals surface area contributed by atoms with E-state index >= 15 is 0 Å². The summed E-state index contributed by atoms with van der Waals surface area (Å²) in [5.41, 5.74) is 5.20. The molecule has 1 aromatic carbocycles. The van der Waals surface area contributed by atoms with Crippen LogP contribution in [-0.4, -0.2) is 31.5 Å². The summed E-state index contributed by atoms with van der Waals surface area (Å²) < 4.78 is 47.1. The molecule has 0 aliphatic carbocycles. The van der Waals surface area contributed by atoms with Crippen molar-refractivity contribution in [2.24, 2.45) is 5.73 Å². The smallest absolute Gasteiger partial charge is 0.403 e. The largest absolute Gasteiger partial charge is 0.493 e. The number of alkyl halides is 3. The number of benzene rings is 1. The van der Waals surface area contributed by atoms with Crippen LogP contribution in [0.5, 0.6) is 11.5 Å². The number of hydrogen-bond acceptors (Lipinski definition) is 4. The molecule has 0 amide bonds. The van der Waals surface area contributed by atoms with E-state index in [9.17, 15) is 18.3 Å². The molecule has 4 nitrogen and oxygen atoms in total. The molecule has 20 heavy (non-hydrogen) atoms. The average molecular weight is 316 g/mol. The van der Waals surface area contributed by atoms with E-state index in [1.807, 2.05) is 0 Å². The lowest BCUT2D eigenvalue weighted by molar-refractivity contribution is -0.153. The topological polar surface area (TPSA) is 64.7 Å². The number of nitrogens with two attached hydrogens (primary N) is 1. The second-order valence-electron chi connectivity index (χ2n) is 3.98. The number of halogens is 4. The Labute approximate surface area is 121 Å². The highest BCUT2D eigenvalue weighted by Crippen LogP contribution is 2.37. The first-order valence-electron chi connectivity index (χ1n) is 5.52. The summed E-state index contributed by atoms with van der Waals surface area (Å²) in [4.78, 5) is 0. The minimum absolute atomic E-state index is 0. The summed E-state index contributed by atoms with van der Waals surface area (Å²) in [6.07, 6.45) is -6.58. The molecule has 2 atom stereocenters. The van der Waals surface area contributed by atoms with Crippen LogP contribution in [0.1, 0.15) is 18.1 Å². The summed E-state index contributed by atoms with van der Waals surface area (Å²) >= 11 is 0. The number of rotatable bonds is 5. The molecule has 0 aliphatic heterocycles. The van der Waals surface area contributed by atoms with Crippen molar-refractivity contribution < 1.29 is 27.8 Å². The highest BCUT2D eigenvalue weighted by Gasteiger charge is 2.38. The standard InChI is InChI=1S/C12H16F3NO3.ClH/c1-18-9-5-3-4-7(11(9)19-2)8(17)6-10(16)12(13,14)15;/h3-5,8,10,17H,6,16H2,1-2H3;1H/t8-,10-;/m0./s1. The van der Waals surface area contributed by atoms with Crippen LogP contribution in [0.15, 0.2) is 18.2 Å². The minimum Gasteiger partial charge on any atom is -0.493 e. The predicted octanol–water partition coefficient (Wildman–Crippen LogP) is 2.44. The maximum absolute atomic E-state index is 12.4. The Morgan fingerprint density at radius 1 is 1.25 bits per heavy atom. The van der Waals surface area contributed by atoms with Crippen molar-refractivity contribution in [3.05, 3.63) is 23.8 Å². The van der Waals surface area contributed by atoms with Crippen LogP contribution < -0.4 is 15.2 Å². The Kier molecular flexibility index (Phi) is 7.12. The second kappa shape index (κ2) is 7.56. The Balaban J connectivity index is 0.00000361. The van der Waals surface area contributed by atoms with Gasteiger partial charge in [-0.25, -0.2) is 0 Å². The van der Waals surface area contributed by atoms with E-state index in [-0.39, 0.29) is 23.7 Å². The van der Waals surface area contributed by atoms with E-state index in [0.717, 1.165) is 0 Å². The summed E-state index contributed by atoms with van der Waals surface area (Å²) in [6, 6.07) is 2.51. The number of hydrogen-bond donors (Lipinski definition) is 2. The van der Waals surface area contributed by atoms with Crippen LogP contribution in [0.2, 0.25) is 0 Å². The molecule has 1 rings (SSSR count). The maximum Gasteiger partial charge on any atom is 0.403 e. The van der Waals surface area contributed by atoms with Crippen LogP contribution in [0.25, 0.3) is 0 Å². The third-order valence-corrected chi connectivity index (χ3v) is 2.69. The number of para-hydroxylation sites is 1. The predicted molar refractivity (Wildman–Crippen MR) is 70.4 cm³/mol. The van der Waals surface area contributed by atoms with Crippen molar-refractivity contribution in [1.82, 2.24) is 0 Å². The minimum atomic E-state index is -4.55. The van der Waals surface area contributed by atoms with Gasteiger partial charge < -0.3 is 20.3 Å². The lowest BCUT2D eigenvalue weighted by Crippen LogP contribution is -2.38. The summed E-state index contributed by atoms with van der Waals surface area (Å²) in [5, 5.41) is 9.87. The normalized spacial score (nSPS) is 14.2. The molecule has 0 heterocycles. The van der Waals surface area contributed by atoms with Gasteiger partial charge in [0.05, 0.1) is 20.3 Å². The average Bonchev–Trinajstić information content (AvgIpc) is 2.36. The molecule has 1 aromatic rings. The van der Waals surface area contributed by atoms with E-state index < -0.39 is 24.7 Å². The Morgan fingerprint density at radius 2 is 1.85 bits per heavy atom. The van der Waals surface area contributed by atoms with Crippen molar-refractivity contribution >= 4 is 12.4 Å². The van der Waals surface area contributed by atoms with Gasteiger partial charge in [0.1, 0.15) is 6.04 Å². The van der Waals surface area contributed by atoms with Crippen LogP contribution >= 0.6 is 12.4 Å². The van der Waals surface area contributed by atoms with Crippen molar-refractivity contribution in [2.75, 3.05) is 14.2 Å². The van der Waals surface area contributed by atoms with Gasteiger partial charge in [0.25, 0.3) is 0 Å². The molecule has 0 saturated heterocycles. The zero-order valence-electron chi connectivity index (χ0n) is 11.0. The van der Waals surface area contributed by atoms with E-state index in [0.29, 0.717) is 5.75 Å². The Morgan fingerprint density at radius 3 is 2.30 bits per heavy atom. The van der Waals surface area contributed by atoms with Crippen molar-refractivity contribution in [1.29, 1.82) is 0 Å². The Bertz CT molecular complexity index is 429. The van der Waals surface area contributed by atoms with Gasteiger partial charge in [-0.2, -0.15) is 13.2 Å². The Hall–Kier alpha value is -1.18. The van der Waals surface area contributed by atoms with Gasteiger partial charge in [-0.15, -0.1) is 12.4 Å². The van der Waals surface area contributed by atoms with Crippen LogP contribution in [-0.2, 0) is 0 Å². The second-order valence-corrected chi connectivity index (χ2v) is 3.98. The first-order chi connectivity index (χ1) is 8.81.